The van der Waals surface area contributed by atoms with Crippen molar-refractivity contribution < 1.29 is 18.8 Å². The zero-order valence-corrected chi connectivity index (χ0v) is 20.6. The van der Waals surface area contributed by atoms with Crippen molar-refractivity contribution in [1.29, 1.82) is 0 Å². The lowest BCUT2D eigenvalue weighted by atomic mass is 9.96. The van der Waals surface area contributed by atoms with Crippen LogP contribution >= 0.6 is 23.1 Å². The quantitative estimate of drug-likeness (QED) is 0.264. The maximum Gasteiger partial charge on any atom is 0.316 e. The van der Waals surface area contributed by atoms with Crippen molar-refractivity contribution in [2.24, 2.45) is 0 Å². The van der Waals surface area contributed by atoms with Gasteiger partial charge in [-0.3, -0.25) is 14.2 Å². The lowest BCUT2D eigenvalue weighted by molar-refractivity contribution is -0.139. The van der Waals surface area contributed by atoms with Gasteiger partial charge in [0.15, 0.2) is 16.8 Å². The predicted octanol–water partition coefficient (Wildman–Crippen LogP) is 4.50. The van der Waals surface area contributed by atoms with Crippen molar-refractivity contribution >= 4 is 40.0 Å². The lowest BCUT2D eigenvalue weighted by Crippen LogP contribution is -2.21. The van der Waals surface area contributed by atoms with Crippen LogP contribution in [0.4, 0.5) is 5.13 Å². The van der Waals surface area contributed by atoms with Crippen molar-refractivity contribution in [2.75, 3.05) is 17.7 Å². The van der Waals surface area contributed by atoms with E-state index in [1.54, 1.807) is 12.1 Å². The summed E-state index contributed by atoms with van der Waals surface area (Å²) >= 11 is 2.70. The molecular formula is C22H27N5O4S2. The summed E-state index contributed by atoms with van der Waals surface area (Å²) in [4.78, 5) is 24.8. The SMILES string of the molecule is Cc1cc(-n2c(C)cc(C(=O)COC(=O)CSc3nnc(NC4CCCCC4)s3)c2C)no1. The van der Waals surface area contributed by atoms with Crippen LogP contribution in [0.5, 0.6) is 0 Å². The van der Waals surface area contributed by atoms with Crippen LogP contribution in [0.2, 0.25) is 0 Å². The average Bonchev–Trinajstić information content (AvgIpc) is 3.50. The highest BCUT2D eigenvalue weighted by Gasteiger charge is 2.20. The number of hydrogen-bond donors (Lipinski definition) is 1. The Kier molecular flexibility index (Phi) is 7.49. The molecule has 0 saturated heterocycles. The van der Waals surface area contributed by atoms with E-state index in [9.17, 15) is 9.59 Å². The number of esters is 1. The maximum atomic E-state index is 12.7. The number of anilines is 1. The van der Waals surface area contributed by atoms with Crippen LogP contribution in [0.25, 0.3) is 5.82 Å². The molecule has 1 aliphatic rings. The fourth-order valence-electron chi connectivity index (χ4n) is 3.99. The summed E-state index contributed by atoms with van der Waals surface area (Å²) in [6, 6.07) is 4.03. The molecule has 1 saturated carbocycles. The molecule has 33 heavy (non-hydrogen) atoms. The number of nitrogens with one attached hydrogen (secondary N) is 1. The number of aryl methyl sites for hydroxylation is 2. The first-order chi connectivity index (χ1) is 15.9. The third-order valence-corrected chi connectivity index (χ3v) is 7.55. The highest BCUT2D eigenvalue weighted by Crippen LogP contribution is 2.28. The molecule has 0 aromatic carbocycles. The molecule has 1 aliphatic carbocycles. The van der Waals surface area contributed by atoms with E-state index in [-0.39, 0.29) is 18.1 Å². The molecule has 176 valence electrons. The van der Waals surface area contributed by atoms with Gasteiger partial charge in [0.1, 0.15) is 5.76 Å². The second kappa shape index (κ2) is 10.5. The maximum absolute atomic E-state index is 12.7. The minimum Gasteiger partial charge on any atom is -0.457 e. The zero-order valence-electron chi connectivity index (χ0n) is 18.9. The van der Waals surface area contributed by atoms with Gasteiger partial charge in [0.05, 0.1) is 5.75 Å². The van der Waals surface area contributed by atoms with Crippen molar-refractivity contribution in [3.63, 3.8) is 0 Å². The Balaban J connectivity index is 1.26. The molecule has 9 nitrogen and oxygen atoms in total. The van der Waals surface area contributed by atoms with Crippen LogP contribution in [0.1, 0.15) is 59.6 Å². The lowest BCUT2D eigenvalue weighted by Gasteiger charge is -2.21. The Bertz CT molecular complexity index is 1130. The number of hydrogen-bond acceptors (Lipinski definition) is 10. The summed E-state index contributed by atoms with van der Waals surface area (Å²) in [5, 5.41) is 16.5. The first-order valence-corrected chi connectivity index (χ1v) is 12.7. The Labute approximate surface area is 200 Å². The summed E-state index contributed by atoms with van der Waals surface area (Å²) in [6.45, 7) is 5.21. The van der Waals surface area contributed by atoms with Gasteiger partial charge in [-0.1, -0.05) is 47.5 Å². The van der Waals surface area contributed by atoms with Crippen molar-refractivity contribution in [3.05, 3.63) is 34.8 Å². The van der Waals surface area contributed by atoms with E-state index in [2.05, 4.69) is 20.7 Å². The van der Waals surface area contributed by atoms with Crippen molar-refractivity contribution in [3.8, 4) is 5.82 Å². The smallest absolute Gasteiger partial charge is 0.316 e. The molecule has 4 rings (SSSR count). The van der Waals surface area contributed by atoms with Gasteiger partial charge in [-0.05, 0) is 39.7 Å². The van der Waals surface area contributed by atoms with E-state index in [0.29, 0.717) is 27.5 Å². The number of ketones is 1. The third kappa shape index (κ3) is 5.83. The normalized spacial score (nSPS) is 14.4. The fraction of sp³-hybridized carbons (Fsp3) is 0.500. The van der Waals surface area contributed by atoms with Crippen LogP contribution in [-0.2, 0) is 9.53 Å². The van der Waals surface area contributed by atoms with Gasteiger partial charge < -0.3 is 14.6 Å². The molecule has 0 radical (unpaired) electrons. The van der Waals surface area contributed by atoms with E-state index in [0.717, 1.165) is 29.4 Å². The highest BCUT2D eigenvalue weighted by molar-refractivity contribution is 8.01. The molecule has 3 aromatic rings. The van der Waals surface area contributed by atoms with Gasteiger partial charge in [-0.15, -0.1) is 10.2 Å². The Morgan fingerprint density at radius 3 is 2.73 bits per heavy atom. The first kappa shape index (κ1) is 23.5. The Morgan fingerprint density at radius 1 is 1.21 bits per heavy atom. The van der Waals surface area contributed by atoms with Crippen molar-refractivity contribution in [1.82, 2.24) is 19.9 Å². The summed E-state index contributed by atoms with van der Waals surface area (Å²) in [6.07, 6.45) is 6.09. The first-order valence-electron chi connectivity index (χ1n) is 10.9. The Morgan fingerprint density at radius 2 is 2.00 bits per heavy atom. The third-order valence-electron chi connectivity index (χ3n) is 5.59. The number of carbonyl (C=O) groups excluding carboxylic acids is 2. The van der Waals surface area contributed by atoms with E-state index in [1.807, 2.05) is 25.3 Å². The largest absolute Gasteiger partial charge is 0.457 e. The molecule has 1 N–H and O–H groups in total. The number of carbonyl (C=O) groups is 2. The van der Waals surface area contributed by atoms with Gasteiger partial charge in [-0.2, -0.15) is 0 Å². The molecule has 0 atom stereocenters. The highest BCUT2D eigenvalue weighted by atomic mass is 32.2. The summed E-state index contributed by atoms with van der Waals surface area (Å²) < 4.78 is 12.9. The fourth-order valence-corrected chi connectivity index (χ4v) is 5.62. The van der Waals surface area contributed by atoms with Gasteiger partial charge in [0.2, 0.25) is 10.9 Å². The van der Waals surface area contributed by atoms with Crippen LogP contribution in [0.15, 0.2) is 21.0 Å². The standard InChI is InChI=1S/C22H27N5O4S2/c1-13-9-17(15(3)27(13)19-10-14(2)31-26-19)18(28)11-30-20(29)12-32-22-25-24-21(33-22)23-16-7-5-4-6-8-16/h9-10,16H,4-8,11-12H2,1-3H3,(H,23,24). The molecule has 0 unspecified atom stereocenters. The number of aromatic nitrogens is 4. The zero-order chi connectivity index (χ0) is 23.4. The molecule has 0 aliphatic heterocycles. The second-order valence-electron chi connectivity index (χ2n) is 8.14. The van der Waals surface area contributed by atoms with Crippen LogP contribution < -0.4 is 5.32 Å². The van der Waals surface area contributed by atoms with Gasteiger partial charge in [0, 0.05) is 29.1 Å². The molecular weight excluding hydrogens is 462 g/mol. The van der Waals surface area contributed by atoms with Crippen LogP contribution in [0.3, 0.4) is 0 Å². The minimum atomic E-state index is -0.466. The topological polar surface area (TPSA) is 112 Å². The van der Waals surface area contributed by atoms with Gasteiger partial charge in [0.25, 0.3) is 0 Å². The number of Topliss-reactive ketones (excluding diaryl/α,β-unsaturated/α-hetero) is 1. The van der Waals surface area contributed by atoms with Crippen LogP contribution in [0, 0.1) is 20.8 Å². The second-order valence-corrected chi connectivity index (χ2v) is 10.3. The van der Waals surface area contributed by atoms with Crippen molar-refractivity contribution in [2.45, 2.75) is 63.3 Å². The summed E-state index contributed by atoms with van der Waals surface area (Å²) in [7, 11) is 0. The summed E-state index contributed by atoms with van der Waals surface area (Å²) in [5.41, 5.74) is 2.07. The van der Waals surface area contributed by atoms with E-state index >= 15 is 0 Å². The molecule has 3 heterocycles. The Hall–Kier alpha value is -2.66. The average molecular weight is 490 g/mol. The van der Waals surface area contributed by atoms with E-state index in [4.69, 9.17) is 9.26 Å². The molecule has 0 spiro atoms. The molecule has 0 amide bonds. The molecule has 11 heteroatoms. The molecule has 1 fully saturated rings. The van der Waals surface area contributed by atoms with E-state index in [1.165, 1.54) is 42.4 Å². The van der Waals surface area contributed by atoms with Gasteiger partial charge in [-0.25, -0.2) is 0 Å². The number of nitrogens with zero attached hydrogens (tertiary/aromatic N) is 4. The molecule has 3 aromatic heterocycles. The number of ether oxygens (including phenoxy) is 1. The summed E-state index contributed by atoms with van der Waals surface area (Å²) in [5.74, 6) is 0.644. The predicted molar refractivity (Wildman–Crippen MR) is 126 cm³/mol. The number of thioether (sulfide) groups is 1. The minimum absolute atomic E-state index is 0.0720. The van der Waals surface area contributed by atoms with Gasteiger partial charge >= 0.3 is 5.97 Å². The molecule has 0 bridgehead atoms. The number of rotatable bonds is 9. The van der Waals surface area contributed by atoms with Crippen LogP contribution in [-0.4, -0.2) is 50.1 Å². The van der Waals surface area contributed by atoms with E-state index < -0.39 is 5.97 Å². The monoisotopic (exact) mass is 489 g/mol.